The molecule has 0 amide bonds. The Kier molecular flexibility index (Phi) is 23.8. The molecule has 0 radical (unpaired) electrons. The second-order valence-corrected chi connectivity index (χ2v) is 5.08. The molecule has 0 saturated heterocycles. The number of unbranched alkanes of at least 4 members (excludes halogenated alkanes) is 6. The first-order valence-electron chi connectivity index (χ1n) is 6.69. The van der Waals surface area contributed by atoms with Gasteiger partial charge in [0.1, 0.15) is 0 Å². The fourth-order valence-corrected chi connectivity index (χ4v) is 1.33. The van der Waals surface area contributed by atoms with Gasteiger partial charge in [-0.15, -0.1) is 0 Å². The van der Waals surface area contributed by atoms with Gasteiger partial charge >= 0.3 is 10.4 Å². The van der Waals surface area contributed by atoms with E-state index in [9.17, 15) is 0 Å². The maximum absolute atomic E-state index is 8.74. The molecule has 0 aromatic carbocycles. The largest absolute Gasteiger partial charge is 0.394 e. The Balaban J connectivity index is -0.000000366. The van der Waals surface area contributed by atoms with Crippen molar-refractivity contribution in [3.05, 3.63) is 0 Å². The van der Waals surface area contributed by atoms with E-state index in [1.54, 1.807) is 0 Å². The fraction of sp³-hybridized carbons (Fsp3) is 1.00. The first-order chi connectivity index (χ1) is 8.41. The van der Waals surface area contributed by atoms with Crippen LogP contribution in [0.3, 0.4) is 0 Å². The minimum atomic E-state index is -4.67. The van der Waals surface area contributed by atoms with Crippen LogP contribution < -0.4 is 0 Å². The minimum Gasteiger partial charge on any atom is -0.381 e. The summed E-state index contributed by atoms with van der Waals surface area (Å²) in [7, 11) is -4.67. The van der Waals surface area contributed by atoms with Gasteiger partial charge in [0.25, 0.3) is 0 Å². The van der Waals surface area contributed by atoms with Crippen LogP contribution in [0.25, 0.3) is 0 Å². The van der Waals surface area contributed by atoms with Gasteiger partial charge in [0.05, 0.1) is 0 Å². The van der Waals surface area contributed by atoms with E-state index < -0.39 is 10.4 Å². The van der Waals surface area contributed by atoms with Gasteiger partial charge in [-0.05, 0) is 12.8 Å². The SMILES string of the molecule is CCCCCCCCOCCCC.O=S(=O)(O)O.[Zn]. The van der Waals surface area contributed by atoms with Gasteiger partial charge in [-0.3, -0.25) is 9.11 Å². The third-order valence-electron chi connectivity index (χ3n) is 2.28. The second-order valence-electron chi connectivity index (χ2n) is 4.18. The summed E-state index contributed by atoms with van der Waals surface area (Å²) in [6, 6.07) is 0. The molecule has 0 aromatic heterocycles. The van der Waals surface area contributed by atoms with E-state index >= 15 is 0 Å². The van der Waals surface area contributed by atoms with Crippen molar-refractivity contribution in [1.29, 1.82) is 0 Å². The third kappa shape index (κ3) is 45.7. The Morgan fingerprint density at radius 1 is 0.789 bits per heavy atom. The maximum Gasteiger partial charge on any atom is 0.394 e. The van der Waals surface area contributed by atoms with E-state index in [1.165, 1.54) is 51.4 Å². The topological polar surface area (TPSA) is 83.8 Å². The zero-order valence-corrected chi connectivity index (χ0v) is 16.1. The monoisotopic (exact) mass is 348 g/mol. The first-order valence-corrected chi connectivity index (χ1v) is 8.09. The molecule has 114 valence electrons. The molecule has 0 unspecified atom stereocenters. The molecule has 2 N–H and O–H groups in total. The number of rotatable bonds is 10. The van der Waals surface area contributed by atoms with Crippen molar-refractivity contribution in [2.75, 3.05) is 13.2 Å². The van der Waals surface area contributed by atoms with E-state index in [0.29, 0.717) is 0 Å². The van der Waals surface area contributed by atoms with Crippen molar-refractivity contribution in [2.24, 2.45) is 0 Å². The molecule has 7 heteroatoms. The Bertz CT molecular complexity index is 227. The van der Waals surface area contributed by atoms with Crippen LogP contribution in [0.2, 0.25) is 0 Å². The molecular formula is C12H28O5SZn. The molecule has 0 fully saturated rings. The quantitative estimate of drug-likeness (QED) is 0.358. The number of ether oxygens (including phenoxy) is 1. The number of hydrogen-bond donors (Lipinski definition) is 2. The van der Waals surface area contributed by atoms with E-state index in [2.05, 4.69) is 13.8 Å². The summed E-state index contributed by atoms with van der Waals surface area (Å²) in [5.41, 5.74) is 0. The van der Waals surface area contributed by atoms with Crippen LogP contribution in [-0.2, 0) is 34.6 Å². The molecule has 0 rings (SSSR count). The molecule has 0 atom stereocenters. The summed E-state index contributed by atoms with van der Waals surface area (Å²) < 4.78 is 37.1. The summed E-state index contributed by atoms with van der Waals surface area (Å²) in [5.74, 6) is 0. The van der Waals surface area contributed by atoms with Crippen LogP contribution in [0, 0.1) is 0 Å². The van der Waals surface area contributed by atoms with Crippen LogP contribution in [0.1, 0.15) is 65.2 Å². The van der Waals surface area contributed by atoms with Gasteiger partial charge in [0.2, 0.25) is 0 Å². The van der Waals surface area contributed by atoms with Gasteiger partial charge in [-0.2, -0.15) is 8.42 Å². The average molecular weight is 350 g/mol. The van der Waals surface area contributed by atoms with Crippen LogP contribution in [0.4, 0.5) is 0 Å². The summed E-state index contributed by atoms with van der Waals surface area (Å²) in [5, 5.41) is 0. The standard InChI is InChI=1S/C12H26O.H2O4S.Zn/c1-3-5-7-8-9-10-12-13-11-6-4-2;1-5(2,3)4;/h3-12H2,1-2H3;(H2,1,2,3,4);. The summed E-state index contributed by atoms with van der Waals surface area (Å²) in [4.78, 5) is 0. The molecule has 0 aromatic rings. The molecule has 0 aliphatic rings. The van der Waals surface area contributed by atoms with E-state index in [-0.39, 0.29) is 19.5 Å². The Labute approximate surface area is 130 Å². The molecule has 0 spiro atoms. The van der Waals surface area contributed by atoms with Crippen molar-refractivity contribution in [3.8, 4) is 0 Å². The first kappa shape index (κ1) is 24.5. The second kappa shape index (κ2) is 18.5. The van der Waals surface area contributed by atoms with Gasteiger partial charge in [-0.1, -0.05) is 52.4 Å². The maximum atomic E-state index is 8.74. The Hall–Kier alpha value is 0.453. The molecule has 0 aliphatic heterocycles. The van der Waals surface area contributed by atoms with Gasteiger partial charge in [0.15, 0.2) is 0 Å². The Morgan fingerprint density at radius 3 is 1.63 bits per heavy atom. The predicted octanol–water partition coefficient (Wildman–Crippen LogP) is 3.51. The van der Waals surface area contributed by atoms with Crippen molar-refractivity contribution in [1.82, 2.24) is 0 Å². The van der Waals surface area contributed by atoms with Gasteiger partial charge in [-0.25, -0.2) is 0 Å². The normalized spacial score (nSPS) is 10.3. The summed E-state index contributed by atoms with van der Waals surface area (Å²) in [6.45, 7) is 6.40. The van der Waals surface area contributed by atoms with E-state index in [4.69, 9.17) is 22.3 Å². The van der Waals surface area contributed by atoms with Crippen LogP contribution in [-0.4, -0.2) is 30.7 Å². The Morgan fingerprint density at radius 2 is 1.16 bits per heavy atom. The van der Waals surface area contributed by atoms with Crippen molar-refractivity contribution in [2.45, 2.75) is 65.2 Å². The summed E-state index contributed by atoms with van der Waals surface area (Å²) >= 11 is 0. The van der Waals surface area contributed by atoms with Crippen LogP contribution in [0.5, 0.6) is 0 Å². The molecular weight excluding hydrogens is 322 g/mol. The van der Waals surface area contributed by atoms with Crippen molar-refractivity contribution in [3.63, 3.8) is 0 Å². The third-order valence-corrected chi connectivity index (χ3v) is 2.28. The smallest absolute Gasteiger partial charge is 0.381 e. The van der Waals surface area contributed by atoms with Crippen LogP contribution >= 0.6 is 0 Å². The fourth-order valence-electron chi connectivity index (χ4n) is 1.33. The zero-order valence-electron chi connectivity index (χ0n) is 12.3. The molecule has 5 nitrogen and oxygen atoms in total. The average Bonchev–Trinajstić information content (AvgIpc) is 2.25. The molecule has 0 saturated carbocycles. The van der Waals surface area contributed by atoms with Gasteiger partial charge < -0.3 is 4.74 Å². The van der Waals surface area contributed by atoms with E-state index in [0.717, 1.165) is 13.2 Å². The van der Waals surface area contributed by atoms with Crippen molar-refractivity contribution >= 4 is 10.4 Å². The zero-order chi connectivity index (χ0) is 14.3. The van der Waals surface area contributed by atoms with Gasteiger partial charge in [0, 0.05) is 32.7 Å². The molecule has 0 aliphatic carbocycles. The van der Waals surface area contributed by atoms with E-state index in [1.807, 2.05) is 0 Å². The van der Waals surface area contributed by atoms with Crippen LogP contribution in [0.15, 0.2) is 0 Å². The molecule has 0 heterocycles. The minimum absolute atomic E-state index is 0. The summed E-state index contributed by atoms with van der Waals surface area (Å²) in [6.07, 6.45) is 10.6. The predicted molar refractivity (Wildman–Crippen MR) is 73.3 cm³/mol. The molecule has 0 bridgehead atoms. The molecule has 19 heavy (non-hydrogen) atoms. The number of hydrogen-bond acceptors (Lipinski definition) is 3. The van der Waals surface area contributed by atoms with Crippen molar-refractivity contribution < 1.29 is 41.7 Å².